The first-order valence-corrected chi connectivity index (χ1v) is 6.73. The summed E-state index contributed by atoms with van der Waals surface area (Å²) in [6.45, 7) is 7.06. The third-order valence-electron chi connectivity index (χ3n) is 3.61. The second-order valence-electron chi connectivity index (χ2n) is 6.31. The summed E-state index contributed by atoms with van der Waals surface area (Å²) in [7, 11) is 2.07. The maximum Gasteiger partial charge on any atom is 0.125 e. The SMILES string of the molecule is CN1CC(CO)N(c2cccc(F)c2)CC(C)(C)C1. The minimum absolute atomic E-state index is 0.00794. The number of aliphatic hydroxyl groups excluding tert-OH is 1. The lowest BCUT2D eigenvalue weighted by Gasteiger charge is -2.35. The number of halogens is 1. The van der Waals surface area contributed by atoms with Crippen LogP contribution in [0.5, 0.6) is 0 Å². The summed E-state index contributed by atoms with van der Waals surface area (Å²) >= 11 is 0. The normalized spacial score (nSPS) is 24.3. The van der Waals surface area contributed by atoms with E-state index in [9.17, 15) is 9.50 Å². The molecule has 1 heterocycles. The van der Waals surface area contributed by atoms with E-state index in [-0.39, 0.29) is 23.9 Å². The summed E-state index contributed by atoms with van der Waals surface area (Å²) < 4.78 is 13.4. The molecule has 1 aromatic carbocycles. The Balaban J connectivity index is 2.33. The van der Waals surface area contributed by atoms with Crippen LogP contribution in [0.3, 0.4) is 0 Å². The smallest absolute Gasteiger partial charge is 0.125 e. The van der Waals surface area contributed by atoms with Gasteiger partial charge in [0.2, 0.25) is 0 Å². The lowest BCUT2D eigenvalue weighted by molar-refractivity contribution is 0.213. The second-order valence-corrected chi connectivity index (χ2v) is 6.31. The molecule has 1 aromatic rings. The van der Waals surface area contributed by atoms with Crippen LogP contribution in [0.2, 0.25) is 0 Å². The first kappa shape index (κ1) is 14.3. The van der Waals surface area contributed by atoms with E-state index in [0.717, 1.165) is 25.3 Å². The lowest BCUT2D eigenvalue weighted by atomic mass is 9.92. The molecule has 0 amide bonds. The van der Waals surface area contributed by atoms with Crippen molar-refractivity contribution >= 4 is 5.69 Å². The molecule has 0 spiro atoms. The van der Waals surface area contributed by atoms with Gasteiger partial charge >= 0.3 is 0 Å². The molecule has 0 aromatic heterocycles. The average molecular weight is 266 g/mol. The highest BCUT2D eigenvalue weighted by Crippen LogP contribution is 2.28. The van der Waals surface area contributed by atoms with Crippen molar-refractivity contribution in [3.05, 3.63) is 30.1 Å². The molecule has 0 bridgehead atoms. The number of likely N-dealkylation sites (N-methyl/N-ethyl adjacent to an activating group) is 1. The van der Waals surface area contributed by atoms with Gasteiger partial charge in [-0.1, -0.05) is 19.9 Å². The van der Waals surface area contributed by atoms with Gasteiger partial charge in [0.1, 0.15) is 5.82 Å². The Labute approximate surface area is 114 Å². The molecule has 3 nitrogen and oxygen atoms in total. The molecule has 1 atom stereocenters. The van der Waals surface area contributed by atoms with Crippen molar-refractivity contribution in [3.63, 3.8) is 0 Å². The van der Waals surface area contributed by atoms with Gasteiger partial charge in [0.05, 0.1) is 12.6 Å². The molecule has 1 N–H and O–H groups in total. The highest BCUT2D eigenvalue weighted by atomic mass is 19.1. The third-order valence-corrected chi connectivity index (χ3v) is 3.61. The summed E-state index contributed by atoms with van der Waals surface area (Å²) in [4.78, 5) is 4.37. The molecular formula is C15H23FN2O. The summed E-state index contributed by atoms with van der Waals surface area (Å²) in [6, 6.07) is 6.64. The van der Waals surface area contributed by atoms with Crippen LogP contribution in [-0.2, 0) is 0 Å². The number of aliphatic hydroxyl groups is 1. The van der Waals surface area contributed by atoms with Crippen LogP contribution in [0.4, 0.5) is 10.1 Å². The van der Waals surface area contributed by atoms with E-state index in [1.54, 1.807) is 12.1 Å². The number of benzene rings is 1. The van der Waals surface area contributed by atoms with Gasteiger partial charge in [0.25, 0.3) is 0 Å². The van der Waals surface area contributed by atoms with E-state index in [2.05, 4.69) is 30.7 Å². The molecule has 1 saturated heterocycles. The number of hydrogen-bond acceptors (Lipinski definition) is 3. The van der Waals surface area contributed by atoms with Crippen molar-refractivity contribution in [2.45, 2.75) is 19.9 Å². The van der Waals surface area contributed by atoms with E-state index < -0.39 is 0 Å². The number of nitrogens with zero attached hydrogens (tertiary/aromatic N) is 2. The van der Waals surface area contributed by atoms with Crippen molar-refractivity contribution in [3.8, 4) is 0 Å². The summed E-state index contributed by atoms with van der Waals surface area (Å²) in [5.41, 5.74) is 0.952. The molecule has 1 aliphatic heterocycles. The topological polar surface area (TPSA) is 26.7 Å². The van der Waals surface area contributed by atoms with Crippen LogP contribution in [0.25, 0.3) is 0 Å². The molecule has 1 fully saturated rings. The zero-order valence-electron chi connectivity index (χ0n) is 11.9. The van der Waals surface area contributed by atoms with Gasteiger partial charge in [0, 0.05) is 25.3 Å². The molecule has 0 saturated carbocycles. The maximum atomic E-state index is 13.4. The molecule has 0 radical (unpaired) electrons. The van der Waals surface area contributed by atoms with Crippen LogP contribution in [0.15, 0.2) is 24.3 Å². The summed E-state index contributed by atoms with van der Waals surface area (Å²) in [5, 5.41) is 9.64. The predicted octanol–water partition coefficient (Wildman–Crippen LogP) is 1.96. The monoisotopic (exact) mass is 266 g/mol. The first-order valence-electron chi connectivity index (χ1n) is 6.73. The van der Waals surface area contributed by atoms with E-state index in [0.29, 0.717) is 0 Å². The minimum Gasteiger partial charge on any atom is -0.394 e. The van der Waals surface area contributed by atoms with Gasteiger partial charge in [-0.3, -0.25) is 0 Å². The van der Waals surface area contributed by atoms with E-state index in [1.807, 2.05) is 6.07 Å². The van der Waals surface area contributed by atoms with Crippen LogP contribution in [-0.4, -0.2) is 49.3 Å². The highest BCUT2D eigenvalue weighted by molar-refractivity contribution is 5.48. The fraction of sp³-hybridized carbons (Fsp3) is 0.600. The van der Waals surface area contributed by atoms with Crippen LogP contribution < -0.4 is 4.90 Å². The molecule has 1 unspecified atom stereocenters. The van der Waals surface area contributed by atoms with Crippen molar-refractivity contribution in [2.24, 2.45) is 5.41 Å². The zero-order valence-corrected chi connectivity index (χ0v) is 11.9. The summed E-state index contributed by atoms with van der Waals surface area (Å²) in [6.07, 6.45) is 0. The Hall–Kier alpha value is -1.13. The van der Waals surface area contributed by atoms with Gasteiger partial charge < -0.3 is 14.9 Å². The molecule has 4 heteroatoms. The van der Waals surface area contributed by atoms with Crippen molar-refractivity contribution in [2.75, 3.05) is 38.2 Å². The van der Waals surface area contributed by atoms with Gasteiger partial charge in [-0.25, -0.2) is 4.39 Å². The average Bonchev–Trinajstić information content (AvgIpc) is 2.44. The van der Waals surface area contributed by atoms with Crippen molar-refractivity contribution in [1.82, 2.24) is 4.90 Å². The van der Waals surface area contributed by atoms with Crippen LogP contribution in [0, 0.1) is 11.2 Å². The first-order chi connectivity index (χ1) is 8.91. The Morgan fingerprint density at radius 3 is 2.74 bits per heavy atom. The second kappa shape index (κ2) is 5.47. The van der Waals surface area contributed by atoms with Crippen LogP contribution in [0.1, 0.15) is 13.8 Å². The Morgan fingerprint density at radius 1 is 1.37 bits per heavy atom. The lowest BCUT2D eigenvalue weighted by Crippen LogP contribution is -2.44. The van der Waals surface area contributed by atoms with Crippen molar-refractivity contribution < 1.29 is 9.50 Å². The Bertz CT molecular complexity index is 436. The largest absolute Gasteiger partial charge is 0.394 e. The predicted molar refractivity (Wildman–Crippen MR) is 75.9 cm³/mol. The van der Waals surface area contributed by atoms with E-state index in [4.69, 9.17) is 0 Å². The molecule has 2 rings (SSSR count). The van der Waals surface area contributed by atoms with Crippen molar-refractivity contribution in [1.29, 1.82) is 0 Å². The Kier molecular flexibility index (Phi) is 4.11. The third kappa shape index (κ3) is 3.45. The van der Waals surface area contributed by atoms with E-state index in [1.165, 1.54) is 6.07 Å². The number of hydrogen-bond donors (Lipinski definition) is 1. The van der Waals surface area contributed by atoms with Gasteiger partial charge in [-0.05, 0) is 30.7 Å². The van der Waals surface area contributed by atoms with Gasteiger partial charge in [-0.15, -0.1) is 0 Å². The number of rotatable bonds is 2. The van der Waals surface area contributed by atoms with Gasteiger partial charge in [0.15, 0.2) is 0 Å². The van der Waals surface area contributed by atoms with Crippen LogP contribution >= 0.6 is 0 Å². The highest BCUT2D eigenvalue weighted by Gasteiger charge is 2.32. The molecule has 19 heavy (non-hydrogen) atoms. The minimum atomic E-state index is -0.232. The molecule has 0 aliphatic carbocycles. The van der Waals surface area contributed by atoms with E-state index >= 15 is 0 Å². The standard InChI is InChI=1S/C15H23FN2O/c1-15(2)10-17(3)8-14(9-19)18(11-15)13-6-4-5-12(16)7-13/h4-7,14,19H,8-11H2,1-3H3. The molecule has 106 valence electrons. The Morgan fingerprint density at radius 2 is 2.11 bits per heavy atom. The fourth-order valence-electron chi connectivity index (χ4n) is 3.01. The fourth-order valence-corrected chi connectivity index (χ4v) is 3.01. The summed E-state index contributed by atoms with van der Waals surface area (Å²) in [5.74, 6) is -0.232. The van der Waals surface area contributed by atoms with Gasteiger partial charge in [-0.2, -0.15) is 0 Å². The molecular weight excluding hydrogens is 243 g/mol. The number of anilines is 1. The maximum absolute atomic E-state index is 13.4. The quantitative estimate of drug-likeness (QED) is 0.886. The molecule has 1 aliphatic rings. The zero-order chi connectivity index (χ0) is 14.0.